The zero-order valence-electron chi connectivity index (χ0n) is 16.9. The number of amides is 1. The van der Waals surface area contributed by atoms with E-state index in [0.717, 1.165) is 37.6 Å². The van der Waals surface area contributed by atoms with E-state index < -0.39 is 0 Å². The van der Waals surface area contributed by atoms with E-state index in [1.54, 1.807) is 0 Å². The molecule has 0 unspecified atom stereocenters. The quantitative estimate of drug-likeness (QED) is 0.441. The van der Waals surface area contributed by atoms with Crippen LogP contribution in [0.15, 0.2) is 29.3 Å². The van der Waals surface area contributed by atoms with Gasteiger partial charge in [-0.1, -0.05) is 26.0 Å². The third-order valence-corrected chi connectivity index (χ3v) is 3.81. The number of hydrogen-bond acceptors (Lipinski definition) is 3. The minimum Gasteiger partial charge on any atom is -0.357 e. The molecule has 0 radical (unpaired) electrons. The van der Waals surface area contributed by atoms with Crippen LogP contribution in [0.2, 0.25) is 0 Å². The number of carbonyl (C=O) groups is 1. The van der Waals surface area contributed by atoms with Crippen LogP contribution < -0.4 is 16.0 Å². The Morgan fingerprint density at radius 2 is 1.92 bits per heavy atom. The normalized spacial score (nSPS) is 11.7. The third-order valence-electron chi connectivity index (χ3n) is 3.81. The number of hydrogen-bond donors (Lipinski definition) is 3. The maximum absolute atomic E-state index is 12.2. The molecule has 0 saturated carbocycles. The number of carbonyl (C=O) groups excluding carboxylic acids is 1. The summed E-state index contributed by atoms with van der Waals surface area (Å²) < 4.78 is 0. The SMILES string of the molecule is CCNC(=NCc1cccc(C(=O)NCCN(C)C)c1)NCCC(C)C. The fraction of sp³-hybridized carbons (Fsp3) is 0.600. The van der Waals surface area contributed by atoms with E-state index in [0.29, 0.717) is 24.6 Å². The van der Waals surface area contributed by atoms with Crippen molar-refractivity contribution in [3.63, 3.8) is 0 Å². The van der Waals surface area contributed by atoms with Crippen molar-refractivity contribution in [2.75, 3.05) is 40.3 Å². The molecule has 26 heavy (non-hydrogen) atoms. The van der Waals surface area contributed by atoms with Crippen molar-refractivity contribution in [3.8, 4) is 0 Å². The topological polar surface area (TPSA) is 68.8 Å². The molecule has 0 fully saturated rings. The fourth-order valence-corrected chi connectivity index (χ4v) is 2.30. The van der Waals surface area contributed by atoms with Crippen LogP contribution in [-0.4, -0.2) is 57.0 Å². The van der Waals surface area contributed by atoms with Gasteiger partial charge in [-0.2, -0.15) is 0 Å². The molecule has 1 aromatic rings. The highest BCUT2D eigenvalue weighted by Crippen LogP contribution is 2.07. The van der Waals surface area contributed by atoms with E-state index >= 15 is 0 Å². The van der Waals surface area contributed by atoms with Gasteiger partial charge in [-0.25, -0.2) is 4.99 Å². The number of likely N-dealkylation sites (N-methyl/N-ethyl adjacent to an activating group) is 1. The maximum atomic E-state index is 12.2. The summed E-state index contributed by atoms with van der Waals surface area (Å²) in [6, 6.07) is 7.65. The van der Waals surface area contributed by atoms with Gasteiger partial charge in [0.15, 0.2) is 5.96 Å². The molecular weight excluding hydrogens is 326 g/mol. The van der Waals surface area contributed by atoms with Crippen LogP contribution in [0, 0.1) is 5.92 Å². The van der Waals surface area contributed by atoms with Gasteiger partial charge in [0.25, 0.3) is 5.91 Å². The molecule has 6 heteroatoms. The van der Waals surface area contributed by atoms with Crippen LogP contribution in [0.25, 0.3) is 0 Å². The zero-order chi connectivity index (χ0) is 19.4. The van der Waals surface area contributed by atoms with Crippen LogP contribution in [0.3, 0.4) is 0 Å². The van der Waals surface area contributed by atoms with Crippen molar-refractivity contribution >= 4 is 11.9 Å². The predicted molar refractivity (Wildman–Crippen MR) is 110 cm³/mol. The summed E-state index contributed by atoms with van der Waals surface area (Å²) in [5.74, 6) is 1.43. The first-order valence-corrected chi connectivity index (χ1v) is 9.46. The molecule has 0 aliphatic rings. The molecule has 0 heterocycles. The lowest BCUT2D eigenvalue weighted by Gasteiger charge is -2.13. The summed E-state index contributed by atoms with van der Waals surface area (Å²) in [7, 11) is 3.98. The predicted octanol–water partition coefficient (Wildman–Crippen LogP) is 2.08. The summed E-state index contributed by atoms with van der Waals surface area (Å²) in [6.07, 6.45) is 1.10. The molecule has 146 valence electrons. The van der Waals surface area contributed by atoms with Gasteiger partial charge < -0.3 is 20.9 Å². The Labute approximate surface area is 158 Å². The Bertz CT molecular complexity index is 569. The molecule has 0 aliphatic heterocycles. The van der Waals surface area contributed by atoms with Crippen molar-refractivity contribution in [2.45, 2.75) is 33.7 Å². The number of aliphatic imine (C=N–C) groups is 1. The Hall–Kier alpha value is -2.08. The van der Waals surface area contributed by atoms with E-state index in [4.69, 9.17) is 0 Å². The van der Waals surface area contributed by atoms with E-state index in [-0.39, 0.29) is 5.91 Å². The molecule has 0 aliphatic carbocycles. The summed E-state index contributed by atoms with van der Waals surface area (Å²) in [5, 5.41) is 9.55. The number of guanidine groups is 1. The average molecular weight is 362 g/mol. The minimum atomic E-state index is -0.0420. The molecule has 0 saturated heterocycles. The molecule has 1 amide bonds. The number of rotatable bonds is 10. The smallest absolute Gasteiger partial charge is 0.251 e. The monoisotopic (exact) mass is 361 g/mol. The lowest BCUT2D eigenvalue weighted by Crippen LogP contribution is -2.38. The molecule has 0 bridgehead atoms. The third kappa shape index (κ3) is 9.42. The first-order chi connectivity index (χ1) is 12.4. The van der Waals surface area contributed by atoms with Crippen LogP contribution in [0.1, 0.15) is 43.1 Å². The molecule has 0 spiro atoms. The van der Waals surface area contributed by atoms with Crippen LogP contribution in [-0.2, 0) is 6.54 Å². The first-order valence-electron chi connectivity index (χ1n) is 9.46. The average Bonchev–Trinajstić information content (AvgIpc) is 2.59. The van der Waals surface area contributed by atoms with E-state index in [9.17, 15) is 4.79 Å². The second-order valence-corrected chi connectivity index (χ2v) is 7.06. The summed E-state index contributed by atoms with van der Waals surface area (Å²) in [5.41, 5.74) is 1.69. The van der Waals surface area contributed by atoms with Gasteiger partial charge >= 0.3 is 0 Å². The van der Waals surface area contributed by atoms with Crippen molar-refractivity contribution in [1.82, 2.24) is 20.9 Å². The maximum Gasteiger partial charge on any atom is 0.251 e. The lowest BCUT2D eigenvalue weighted by molar-refractivity contribution is 0.0951. The van der Waals surface area contributed by atoms with E-state index in [1.165, 1.54) is 0 Å². The van der Waals surface area contributed by atoms with E-state index in [1.807, 2.05) is 43.3 Å². The largest absolute Gasteiger partial charge is 0.357 e. The van der Waals surface area contributed by atoms with Crippen LogP contribution in [0.4, 0.5) is 0 Å². The standard InChI is InChI=1S/C20H35N5O/c1-6-21-20(23-11-10-16(2)3)24-15-17-8-7-9-18(14-17)19(26)22-12-13-25(4)5/h7-9,14,16H,6,10-13,15H2,1-5H3,(H,22,26)(H2,21,23,24). The Morgan fingerprint density at radius 1 is 1.15 bits per heavy atom. The van der Waals surface area contributed by atoms with Gasteiger partial charge in [-0.15, -0.1) is 0 Å². The highest BCUT2D eigenvalue weighted by Gasteiger charge is 2.06. The van der Waals surface area contributed by atoms with Gasteiger partial charge in [0.1, 0.15) is 0 Å². The van der Waals surface area contributed by atoms with Crippen LogP contribution >= 0.6 is 0 Å². The second-order valence-electron chi connectivity index (χ2n) is 7.06. The van der Waals surface area contributed by atoms with Crippen LogP contribution in [0.5, 0.6) is 0 Å². The number of nitrogens with one attached hydrogen (secondary N) is 3. The summed E-state index contributed by atoms with van der Waals surface area (Å²) >= 11 is 0. The highest BCUT2D eigenvalue weighted by molar-refractivity contribution is 5.94. The molecule has 1 rings (SSSR count). The van der Waals surface area contributed by atoms with Crippen molar-refractivity contribution < 1.29 is 4.79 Å². The van der Waals surface area contributed by atoms with Crippen molar-refractivity contribution in [1.29, 1.82) is 0 Å². The molecule has 1 aromatic carbocycles. The lowest BCUT2D eigenvalue weighted by atomic mass is 10.1. The van der Waals surface area contributed by atoms with Crippen molar-refractivity contribution in [3.05, 3.63) is 35.4 Å². The number of benzene rings is 1. The first kappa shape index (κ1) is 22.0. The fourth-order valence-electron chi connectivity index (χ4n) is 2.30. The Morgan fingerprint density at radius 3 is 2.58 bits per heavy atom. The number of nitrogens with zero attached hydrogens (tertiary/aromatic N) is 2. The van der Waals surface area contributed by atoms with Gasteiger partial charge in [0.2, 0.25) is 0 Å². The van der Waals surface area contributed by atoms with Gasteiger partial charge in [0.05, 0.1) is 6.54 Å². The second kappa shape index (κ2) is 12.3. The Kier molecular flexibility index (Phi) is 10.4. The molecule has 0 atom stereocenters. The highest BCUT2D eigenvalue weighted by atomic mass is 16.1. The minimum absolute atomic E-state index is 0.0420. The zero-order valence-corrected chi connectivity index (χ0v) is 16.9. The van der Waals surface area contributed by atoms with Crippen molar-refractivity contribution in [2.24, 2.45) is 10.9 Å². The Balaban J connectivity index is 2.63. The molecule has 3 N–H and O–H groups in total. The van der Waals surface area contributed by atoms with E-state index in [2.05, 4.69) is 41.7 Å². The van der Waals surface area contributed by atoms with Gasteiger partial charge in [0, 0.05) is 31.7 Å². The summed E-state index contributed by atoms with van der Waals surface area (Å²) in [6.45, 7) is 10.2. The van der Waals surface area contributed by atoms with Gasteiger partial charge in [-0.05, 0) is 51.1 Å². The molecular formula is C20H35N5O. The summed E-state index contributed by atoms with van der Waals surface area (Å²) in [4.78, 5) is 18.9. The van der Waals surface area contributed by atoms with Gasteiger partial charge in [-0.3, -0.25) is 4.79 Å². The molecule has 0 aromatic heterocycles. The molecule has 6 nitrogen and oxygen atoms in total.